The second kappa shape index (κ2) is 7.75. The molecule has 0 spiro atoms. The summed E-state index contributed by atoms with van der Waals surface area (Å²) in [5.74, 6) is -1.06. The molecule has 0 unspecified atom stereocenters. The van der Waals surface area contributed by atoms with Gasteiger partial charge in [0, 0.05) is 11.8 Å². The van der Waals surface area contributed by atoms with Crippen molar-refractivity contribution in [3.05, 3.63) is 120 Å². The number of fused-ring (bicyclic) bond motifs is 1. The van der Waals surface area contributed by atoms with E-state index in [1.807, 2.05) is 91.0 Å². The number of allylic oxidation sites excluding steroid dienone is 2. The zero-order chi connectivity index (χ0) is 20.5. The Morgan fingerprint density at radius 1 is 0.567 bits per heavy atom. The predicted octanol–water partition coefficient (Wildman–Crippen LogP) is 4.93. The third kappa shape index (κ3) is 3.17. The van der Waals surface area contributed by atoms with Gasteiger partial charge in [-0.05, 0) is 16.7 Å². The molecule has 0 bridgehead atoms. The van der Waals surface area contributed by atoms with Gasteiger partial charge in [-0.2, -0.15) is 0 Å². The number of likely N-dealkylation sites (tertiary alicyclic amines) is 1. The summed E-state index contributed by atoms with van der Waals surface area (Å²) in [5, 5.41) is 0. The molecular weight excluding hydrogens is 370 g/mol. The van der Waals surface area contributed by atoms with Gasteiger partial charge in [-0.15, -0.1) is 0 Å². The number of amides is 2. The molecule has 2 aliphatic rings. The van der Waals surface area contributed by atoms with Crippen LogP contribution in [0.25, 0.3) is 0 Å². The van der Waals surface area contributed by atoms with Crippen molar-refractivity contribution in [2.45, 2.75) is 18.4 Å². The SMILES string of the molecule is O=C1[C@H]2[C@H](C(=O)N1Cc1ccccc1)[C@@H](c1ccccc1)C=C[C@@H]2c1ccccc1. The van der Waals surface area contributed by atoms with E-state index in [2.05, 4.69) is 12.2 Å². The Balaban J connectivity index is 1.57. The average molecular weight is 393 g/mol. The number of carbonyl (C=O) groups is 2. The van der Waals surface area contributed by atoms with Crippen LogP contribution in [-0.4, -0.2) is 16.7 Å². The highest BCUT2D eigenvalue weighted by Crippen LogP contribution is 2.49. The monoisotopic (exact) mass is 393 g/mol. The Bertz CT molecular complexity index is 1010. The zero-order valence-electron chi connectivity index (χ0n) is 16.6. The molecule has 3 aromatic rings. The fourth-order valence-corrected chi connectivity index (χ4v) is 4.92. The molecule has 5 rings (SSSR count). The third-order valence-electron chi connectivity index (χ3n) is 6.34. The van der Waals surface area contributed by atoms with Crippen molar-refractivity contribution in [3.8, 4) is 0 Å². The molecular formula is C27H23NO2. The highest BCUT2D eigenvalue weighted by atomic mass is 16.2. The van der Waals surface area contributed by atoms with E-state index in [1.165, 1.54) is 4.90 Å². The van der Waals surface area contributed by atoms with Crippen molar-refractivity contribution in [3.63, 3.8) is 0 Å². The van der Waals surface area contributed by atoms with Crippen LogP contribution in [0.3, 0.4) is 0 Å². The van der Waals surface area contributed by atoms with Crippen LogP contribution in [0.5, 0.6) is 0 Å². The molecule has 0 radical (unpaired) electrons. The van der Waals surface area contributed by atoms with Gasteiger partial charge in [-0.25, -0.2) is 0 Å². The lowest BCUT2D eigenvalue weighted by molar-refractivity contribution is -0.140. The normalized spacial score (nSPS) is 25.4. The van der Waals surface area contributed by atoms with Gasteiger partial charge < -0.3 is 0 Å². The largest absolute Gasteiger partial charge is 0.278 e. The van der Waals surface area contributed by atoms with Crippen molar-refractivity contribution in [2.24, 2.45) is 11.8 Å². The quantitative estimate of drug-likeness (QED) is 0.466. The van der Waals surface area contributed by atoms with Crippen LogP contribution in [0, 0.1) is 11.8 Å². The van der Waals surface area contributed by atoms with Gasteiger partial charge in [0.25, 0.3) is 0 Å². The van der Waals surface area contributed by atoms with E-state index in [0.29, 0.717) is 6.54 Å². The summed E-state index contributed by atoms with van der Waals surface area (Å²) in [6, 6.07) is 29.9. The third-order valence-corrected chi connectivity index (χ3v) is 6.34. The summed E-state index contributed by atoms with van der Waals surface area (Å²) >= 11 is 0. The molecule has 1 fully saturated rings. The van der Waals surface area contributed by atoms with Crippen molar-refractivity contribution in [2.75, 3.05) is 0 Å². The van der Waals surface area contributed by atoms with Gasteiger partial charge in [0.05, 0.1) is 18.4 Å². The fraction of sp³-hybridized carbons (Fsp3) is 0.185. The first-order valence-corrected chi connectivity index (χ1v) is 10.4. The molecule has 30 heavy (non-hydrogen) atoms. The van der Waals surface area contributed by atoms with Gasteiger partial charge in [-0.3, -0.25) is 14.5 Å². The summed E-state index contributed by atoms with van der Waals surface area (Å²) in [6.07, 6.45) is 4.26. The number of rotatable bonds is 4. The van der Waals surface area contributed by atoms with Crippen LogP contribution in [-0.2, 0) is 16.1 Å². The second-order valence-corrected chi connectivity index (χ2v) is 8.06. The van der Waals surface area contributed by atoms with Crippen LogP contribution in [0.15, 0.2) is 103 Å². The van der Waals surface area contributed by atoms with Crippen molar-refractivity contribution in [1.82, 2.24) is 4.90 Å². The van der Waals surface area contributed by atoms with E-state index in [9.17, 15) is 9.59 Å². The smallest absolute Gasteiger partial charge is 0.234 e. The van der Waals surface area contributed by atoms with Gasteiger partial charge >= 0.3 is 0 Å². The standard InChI is InChI=1S/C27H23NO2/c29-26-24-22(20-12-6-2-7-13-20)16-17-23(21-14-8-3-9-15-21)25(24)27(30)28(26)18-19-10-4-1-5-11-19/h1-17,22-25H,18H2/t22-,23-,24-,25-/m1/s1. The molecule has 2 amide bonds. The van der Waals surface area contributed by atoms with Crippen LogP contribution < -0.4 is 0 Å². The number of imide groups is 1. The van der Waals surface area contributed by atoms with Gasteiger partial charge in [0.1, 0.15) is 0 Å². The van der Waals surface area contributed by atoms with Crippen molar-refractivity contribution < 1.29 is 9.59 Å². The number of benzene rings is 3. The lowest BCUT2D eigenvalue weighted by atomic mass is 9.68. The first-order valence-electron chi connectivity index (χ1n) is 10.4. The minimum absolute atomic E-state index is 0.0620. The van der Waals surface area contributed by atoms with E-state index < -0.39 is 0 Å². The first-order chi connectivity index (χ1) is 14.7. The van der Waals surface area contributed by atoms with Crippen LogP contribution in [0.2, 0.25) is 0 Å². The molecule has 1 aliphatic heterocycles. The Labute approximate surface area is 176 Å². The van der Waals surface area contributed by atoms with Gasteiger partial charge in [-0.1, -0.05) is 103 Å². The van der Waals surface area contributed by atoms with Crippen LogP contribution >= 0.6 is 0 Å². The van der Waals surface area contributed by atoms with E-state index in [4.69, 9.17) is 0 Å². The summed E-state index contributed by atoms with van der Waals surface area (Å²) in [5.41, 5.74) is 3.13. The van der Waals surface area contributed by atoms with Crippen LogP contribution in [0.4, 0.5) is 0 Å². The lowest BCUT2D eigenvalue weighted by Crippen LogP contribution is -2.31. The van der Waals surface area contributed by atoms with Crippen molar-refractivity contribution in [1.29, 1.82) is 0 Å². The average Bonchev–Trinajstić information content (AvgIpc) is 3.06. The molecule has 1 saturated heterocycles. The number of nitrogens with zero attached hydrogens (tertiary/aromatic N) is 1. The highest BCUT2D eigenvalue weighted by Gasteiger charge is 2.54. The maximum absolute atomic E-state index is 13.6. The minimum atomic E-state index is -0.376. The zero-order valence-corrected chi connectivity index (χ0v) is 16.6. The molecule has 0 N–H and O–H groups in total. The topological polar surface area (TPSA) is 37.4 Å². The Kier molecular flexibility index (Phi) is 4.80. The summed E-state index contributed by atoms with van der Waals surface area (Å²) in [7, 11) is 0. The molecule has 3 heteroatoms. The minimum Gasteiger partial charge on any atom is -0.278 e. The Morgan fingerprint density at radius 3 is 1.40 bits per heavy atom. The van der Waals surface area contributed by atoms with Gasteiger partial charge in [0.15, 0.2) is 0 Å². The first kappa shape index (κ1) is 18.6. The van der Waals surface area contributed by atoms with Crippen LogP contribution in [0.1, 0.15) is 28.5 Å². The lowest BCUT2D eigenvalue weighted by Gasteiger charge is -2.32. The number of hydrogen-bond donors (Lipinski definition) is 0. The molecule has 0 saturated carbocycles. The molecule has 4 atom stereocenters. The predicted molar refractivity (Wildman–Crippen MR) is 116 cm³/mol. The summed E-state index contributed by atoms with van der Waals surface area (Å²) in [6.45, 7) is 0.328. The molecule has 148 valence electrons. The van der Waals surface area contributed by atoms with E-state index in [-0.39, 0.29) is 35.5 Å². The molecule has 3 nitrogen and oxygen atoms in total. The Morgan fingerprint density at radius 2 is 0.967 bits per heavy atom. The maximum Gasteiger partial charge on any atom is 0.234 e. The van der Waals surface area contributed by atoms with E-state index in [1.54, 1.807) is 0 Å². The van der Waals surface area contributed by atoms with E-state index in [0.717, 1.165) is 16.7 Å². The van der Waals surface area contributed by atoms with Crippen molar-refractivity contribution >= 4 is 11.8 Å². The molecule has 3 aromatic carbocycles. The van der Waals surface area contributed by atoms with E-state index >= 15 is 0 Å². The van der Waals surface area contributed by atoms with Gasteiger partial charge in [0.2, 0.25) is 11.8 Å². The number of carbonyl (C=O) groups excluding carboxylic acids is 2. The highest BCUT2D eigenvalue weighted by molar-refractivity contribution is 6.06. The molecule has 1 heterocycles. The fourth-order valence-electron chi connectivity index (χ4n) is 4.92. The molecule has 0 aromatic heterocycles. The second-order valence-electron chi connectivity index (χ2n) is 8.06. The summed E-state index contributed by atoms with van der Waals surface area (Å²) < 4.78 is 0. The maximum atomic E-state index is 13.6. The molecule has 1 aliphatic carbocycles. The number of hydrogen-bond acceptors (Lipinski definition) is 2. The Hall–Kier alpha value is -3.46. The summed E-state index contributed by atoms with van der Waals surface area (Å²) in [4.78, 5) is 28.6.